The molecule has 1 heteroatoms. The smallest absolute Gasteiger partial charge is 0.194 e. The first kappa shape index (κ1) is 20.2. The SMILES string of the molecule is Cc1cc2c3c(c(C)c(C)cc3c1)-c1c(c(CC(C)C)c3ccccc3[n+]1C)C2(C)C. The minimum Gasteiger partial charge on any atom is -0.194 e. The molecule has 0 unspecified atom stereocenters. The van der Waals surface area contributed by atoms with E-state index in [-0.39, 0.29) is 5.41 Å². The molecule has 0 saturated carbocycles. The Balaban J connectivity index is 2.11. The van der Waals surface area contributed by atoms with Gasteiger partial charge in [-0.2, -0.15) is 4.57 Å². The zero-order valence-electron chi connectivity index (χ0n) is 20.3. The summed E-state index contributed by atoms with van der Waals surface area (Å²) in [6.07, 6.45) is 1.10. The second kappa shape index (κ2) is 6.66. The minimum atomic E-state index is -0.0552. The van der Waals surface area contributed by atoms with Crippen molar-refractivity contribution in [3.63, 3.8) is 0 Å². The van der Waals surface area contributed by atoms with Gasteiger partial charge in [-0.1, -0.05) is 63.6 Å². The lowest BCUT2D eigenvalue weighted by atomic mass is 9.66. The molecule has 1 heterocycles. The van der Waals surface area contributed by atoms with Crippen molar-refractivity contribution in [1.82, 2.24) is 0 Å². The van der Waals surface area contributed by atoms with E-state index in [9.17, 15) is 0 Å². The van der Waals surface area contributed by atoms with E-state index in [0.29, 0.717) is 5.92 Å². The third kappa shape index (κ3) is 2.72. The van der Waals surface area contributed by atoms with Gasteiger partial charge < -0.3 is 0 Å². The second-order valence-corrected chi connectivity index (χ2v) is 10.6. The molecule has 0 aliphatic heterocycles. The maximum absolute atomic E-state index is 2.47. The lowest BCUT2D eigenvalue weighted by molar-refractivity contribution is -0.634. The Morgan fingerprint density at radius 3 is 2.39 bits per heavy atom. The van der Waals surface area contributed by atoms with Gasteiger partial charge >= 0.3 is 0 Å². The average Bonchev–Trinajstić information content (AvgIpc) is 2.70. The number of fused-ring (bicyclic) bond motifs is 3. The van der Waals surface area contributed by atoms with E-state index in [2.05, 4.69) is 103 Å². The van der Waals surface area contributed by atoms with Crippen LogP contribution in [0.4, 0.5) is 0 Å². The molecule has 0 saturated heterocycles. The van der Waals surface area contributed by atoms with E-state index in [0.717, 1.165) is 6.42 Å². The van der Waals surface area contributed by atoms with Gasteiger partial charge in [-0.25, -0.2) is 0 Å². The number of nitrogens with zero attached hydrogens (tertiary/aromatic N) is 1. The molecule has 0 atom stereocenters. The molecule has 3 aromatic carbocycles. The summed E-state index contributed by atoms with van der Waals surface area (Å²) < 4.78 is 2.47. The second-order valence-electron chi connectivity index (χ2n) is 10.6. The monoisotopic (exact) mass is 408 g/mol. The summed E-state index contributed by atoms with van der Waals surface area (Å²) in [7, 11) is 2.27. The number of aromatic nitrogens is 1. The van der Waals surface area contributed by atoms with Crippen LogP contribution in [0.1, 0.15) is 61.1 Å². The van der Waals surface area contributed by atoms with Crippen molar-refractivity contribution in [2.45, 2.75) is 60.3 Å². The first-order valence-electron chi connectivity index (χ1n) is 11.6. The molecule has 0 spiro atoms. The fraction of sp³-hybridized carbons (Fsp3) is 0.367. The molecule has 0 radical (unpaired) electrons. The van der Waals surface area contributed by atoms with Crippen LogP contribution in [-0.2, 0) is 18.9 Å². The van der Waals surface area contributed by atoms with Gasteiger partial charge in [0, 0.05) is 22.4 Å². The van der Waals surface area contributed by atoms with E-state index in [1.165, 1.54) is 66.3 Å². The largest absolute Gasteiger partial charge is 0.218 e. The van der Waals surface area contributed by atoms with Gasteiger partial charge in [0.25, 0.3) is 0 Å². The number of hydrogen-bond donors (Lipinski definition) is 0. The molecule has 0 N–H and O–H groups in total. The first-order chi connectivity index (χ1) is 14.6. The van der Waals surface area contributed by atoms with Crippen LogP contribution in [0.15, 0.2) is 42.5 Å². The molecule has 0 fully saturated rings. The molecule has 1 nitrogen and oxygen atoms in total. The maximum atomic E-state index is 2.47. The van der Waals surface area contributed by atoms with Crippen LogP contribution < -0.4 is 4.57 Å². The Morgan fingerprint density at radius 2 is 1.68 bits per heavy atom. The first-order valence-corrected chi connectivity index (χ1v) is 11.6. The van der Waals surface area contributed by atoms with Gasteiger partial charge in [0.1, 0.15) is 7.05 Å². The zero-order valence-corrected chi connectivity index (χ0v) is 20.3. The molecule has 1 aliphatic rings. The zero-order chi connectivity index (χ0) is 22.2. The van der Waals surface area contributed by atoms with E-state index < -0.39 is 0 Å². The molecule has 0 amide bonds. The normalized spacial score (nSPS) is 14.5. The number of benzene rings is 3. The molecule has 1 aliphatic carbocycles. The summed E-state index contributed by atoms with van der Waals surface area (Å²) in [6.45, 7) is 16.4. The Morgan fingerprint density at radius 1 is 0.968 bits per heavy atom. The molecular formula is C30H34N+. The number of pyridine rings is 1. The highest BCUT2D eigenvalue weighted by Gasteiger charge is 2.42. The van der Waals surface area contributed by atoms with Crippen molar-refractivity contribution in [3.05, 3.63) is 75.8 Å². The molecule has 1 aromatic heterocycles. The van der Waals surface area contributed by atoms with Gasteiger partial charge in [-0.3, -0.25) is 0 Å². The lowest BCUT2D eigenvalue weighted by Gasteiger charge is -2.36. The van der Waals surface area contributed by atoms with E-state index in [1.807, 2.05) is 0 Å². The van der Waals surface area contributed by atoms with Gasteiger partial charge in [-0.05, 0) is 72.2 Å². The Bertz CT molecular complexity index is 1390. The van der Waals surface area contributed by atoms with Crippen LogP contribution in [0.2, 0.25) is 0 Å². The van der Waals surface area contributed by atoms with Crippen LogP contribution in [0, 0.1) is 26.7 Å². The van der Waals surface area contributed by atoms with Gasteiger partial charge in [0.2, 0.25) is 11.2 Å². The maximum Gasteiger partial charge on any atom is 0.218 e. The standard InChI is InChI=1S/C30H34N/c1-17(2)13-23-22-11-9-10-12-25(22)31(8)29-26-20(5)19(4)16-21-14-18(3)15-24(27(21)26)30(6,7)28(23)29/h9-12,14-17H,13H2,1-8H3/q+1. The fourth-order valence-corrected chi connectivity index (χ4v) is 6.03. The highest BCUT2D eigenvalue weighted by molar-refractivity contribution is 6.05. The number of para-hydroxylation sites is 1. The van der Waals surface area contributed by atoms with E-state index >= 15 is 0 Å². The summed E-state index contributed by atoms with van der Waals surface area (Å²) in [5, 5.41) is 4.24. The highest BCUT2D eigenvalue weighted by Crippen LogP contribution is 2.51. The number of hydrogen-bond acceptors (Lipinski definition) is 0. The third-order valence-electron chi connectivity index (χ3n) is 7.51. The van der Waals surface area contributed by atoms with E-state index in [4.69, 9.17) is 0 Å². The third-order valence-corrected chi connectivity index (χ3v) is 7.51. The summed E-state index contributed by atoms with van der Waals surface area (Å²) in [4.78, 5) is 0. The molecular weight excluding hydrogens is 374 g/mol. The van der Waals surface area contributed by atoms with E-state index in [1.54, 1.807) is 0 Å². The topological polar surface area (TPSA) is 3.88 Å². The highest BCUT2D eigenvalue weighted by atomic mass is 14.9. The predicted molar refractivity (Wildman–Crippen MR) is 133 cm³/mol. The lowest BCUT2D eigenvalue weighted by Crippen LogP contribution is -2.40. The molecule has 158 valence electrons. The Labute approximate surface area is 186 Å². The van der Waals surface area contributed by atoms with Crippen LogP contribution in [0.3, 0.4) is 0 Å². The van der Waals surface area contributed by atoms with Crippen molar-refractivity contribution < 1.29 is 4.57 Å². The van der Waals surface area contributed by atoms with Gasteiger partial charge in [-0.15, -0.1) is 0 Å². The number of aryl methyl sites for hydroxylation is 3. The molecule has 31 heavy (non-hydrogen) atoms. The van der Waals surface area contributed by atoms with Gasteiger partial charge in [0.05, 0.1) is 5.56 Å². The van der Waals surface area contributed by atoms with Gasteiger partial charge in [0.15, 0.2) is 0 Å². The minimum absolute atomic E-state index is 0.0552. The predicted octanol–water partition coefficient (Wildman–Crippen LogP) is 7.25. The van der Waals surface area contributed by atoms with Crippen molar-refractivity contribution in [3.8, 4) is 11.3 Å². The summed E-state index contributed by atoms with van der Waals surface area (Å²) in [5.41, 5.74) is 12.8. The Hall–Kier alpha value is -2.67. The summed E-state index contributed by atoms with van der Waals surface area (Å²) >= 11 is 0. The summed E-state index contributed by atoms with van der Waals surface area (Å²) in [5.74, 6) is 0.605. The van der Waals surface area contributed by atoms with Crippen molar-refractivity contribution in [2.24, 2.45) is 13.0 Å². The van der Waals surface area contributed by atoms with Crippen molar-refractivity contribution >= 4 is 21.7 Å². The average molecular weight is 409 g/mol. The molecule has 4 aromatic rings. The van der Waals surface area contributed by atoms with Crippen LogP contribution in [0.5, 0.6) is 0 Å². The Kier molecular flexibility index (Phi) is 4.35. The number of rotatable bonds is 2. The van der Waals surface area contributed by atoms with Crippen molar-refractivity contribution in [2.75, 3.05) is 0 Å². The fourth-order valence-electron chi connectivity index (χ4n) is 6.03. The quantitative estimate of drug-likeness (QED) is 0.308. The summed E-state index contributed by atoms with van der Waals surface area (Å²) in [6, 6.07) is 16.2. The molecule has 5 rings (SSSR count). The van der Waals surface area contributed by atoms with Crippen LogP contribution in [0.25, 0.3) is 32.9 Å². The van der Waals surface area contributed by atoms with Crippen molar-refractivity contribution in [1.29, 1.82) is 0 Å². The molecule has 0 bridgehead atoms. The van der Waals surface area contributed by atoms with Crippen LogP contribution >= 0.6 is 0 Å². The van der Waals surface area contributed by atoms with Crippen LogP contribution in [-0.4, -0.2) is 0 Å².